The molecule has 0 atom stereocenters. The van der Waals surface area contributed by atoms with E-state index in [-0.39, 0.29) is 25.0 Å². The molecule has 8 heteroatoms. The summed E-state index contributed by atoms with van der Waals surface area (Å²) in [6.45, 7) is 2.32. The third-order valence-electron chi connectivity index (χ3n) is 4.30. The molecule has 2 N–H and O–H groups in total. The van der Waals surface area contributed by atoms with Crippen LogP contribution >= 0.6 is 0 Å². The first-order valence-corrected chi connectivity index (χ1v) is 8.85. The van der Waals surface area contributed by atoms with Crippen LogP contribution in [0.1, 0.15) is 39.0 Å². The number of hydrogen-bond acceptors (Lipinski definition) is 3. The maximum atomic E-state index is 13.6. The van der Waals surface area contributed by atoms with Crippen molar-refractivity contribution in [3.8, 4) is 0 Å². The molecule has 0 saturated heterocycles. The number of rotatable bonds is 8. The van der Waals surface area contributed by atoms with Crippen molar-refractivity contribution in [3.63, 3.8) is 0 Å². The van der Waals surface area contributed by atoms with Crippen molar-refractivity contribution >= 4 is 17.5 Å². The van der Waals surface area contributed by atoms with E-state index in [0.29, 0.717) is 6.54 Å². The van der Waals surface area contributed by atoms with Gasteiger partial charge >= 0.3 is 0 Å². The van der Waals surface area contributed by atoms with E-state index < -0.39 is 29.0 Å². The standard InChI is InChI=1S/C18H24F3N3O2/c1-2-9-24(10-15(25)22-12-5-3-4-6-12)11-16(26)23-14-8-7-13(19)17(20)18(14)21/h7-8,12H,2-6,9-11H2,1H3,(H,22,25)(H,23,26). The van der Waals surface area contributed by atoms with Crippen LogP contribution in [0.3, 0.4) is 0 Å². The van der Waals surface area contributed by atoms with Crippen LogP contribution < -0.4 is 10.6 Å². The molecule has 2 rings (SSSR count). The van der Waals surface area contributed by atoms with Crippen LogP contribution in [0.5, 0.6) is 0 Å². The zero-order valence-electron chi connectivity index (χ0n) is 14.8. The van der Waals surface area contributed by atoms with E-state index in [1.165, 1.54) is 0 Å². The minimum absolute atomic E-state index is 0.0536. The second-order valence-electron chi connectivity index (χ2n) is 6.53. The Bertz CT molecular complexity index is 649. The first-order chi connectivity index (χ1) is 12.4. The Morgan fingerprint density at radius 3 is 2.38 bits per heavy atom. The molecule has 0 aromatic heterocycles. The van der Waals surface area contributed by atoms with Gasteiger partial charge in [0.2, 0.25) is 11.8 Å². The number of nitrogens with one attached hydrogen (secondary N) is 2. The van der Waals surface area contributed by atoms with Gasteiger partial charge in [-0.1, -0.05) is 19.8 Å². The van der Waals surface area contributed by atoms with E-state index >= 15 is 0 Å². The molecular formula is C18H24F3N3O2. The zero-order valence-corrected chi connectivity index (χ0v) is 14.8. The molecule has 0 unspecified atom stereocenters. The Hall–Kier alpha value is -2.09. The van der Waals surface area contributed by atoms with Crippen LogP contribution in [0.15, 0.2) is 12.1 Å². The minimum atomic E-state index is -1.64. The van der Waals surface area contributed by atoms with Gasteiger partial charge in [-0.15, -0.1) is 0 Å². The Balaban J connectivity index is 1.90. The summed E-state index contributed by atoms with van der Waals surface area (Å²) < 4.78 is 39.8. The number of amides is 2. The van der Waals surface area contributed by atoms with Gasteiger partial charge < -0.3 is 10.6 Å². The third kappa shape index (κ3) is 5.72. The first kappa shape index (κ1) is 20.2. The van der Waals surface area contributed by atoms with Gasteiger partial charge in [0.1, 0.15) is 0 Å². The maximum absolute atomic E-state index is 13.6. The molecule has 1 fully saturated rings. The lowest BCUT2D eigenvalue weighted by atomic mass is 10.2. The quantitative estimate of drug-likeness (QED) is 0.691. The molecule has 1 aliphatic rings. The van der Waals surface area contributed by atoms with E-state index in [1.54, 1.807) is 4.90 Å². The highest BCUT2D eigenvalue weighted by Gasteiger charge is 2.21. The van der Waals surface area contributed by atoms with Crippen molar-refractivity contribution in [2.45, 2.75) is 45.1 Å². The highest BCUT2D eigenvalue weighted by atomic mass is 19.2. The topological polar surface area (TPSA) is 61.4 Å². The predicted molar refractivity (Wildman–Crippen MR) is 92.1 cm³/mol. The van der Waals surface area contributed by atoms with Gasteiger partial charge in [-0.3, -0.25) is 14.5 Å². The van der Waals surface area contributed by atoms with Crippen LogP contribution in [0, 0.1) is 17.5 Å². The van der Waals surface area contributed by atoms with Crippen molar-refractivity contribution in [2.24, 2.45) is 0 Å². The Labute approximate surface area is 150 Å². The molecule has 5 nitrogen and oxygen atoms in total. The fourth-order valence-corrected chi connectivity index (χ4v) is 3.09. The van der Waals surface area contributed by atoms with Crippen molar-refractivity contribution < 1.29 is 22.8 Å². The summed E-state index contributed by atoms with van der Waals surface area (Å²) in [4.78, 5) is 25.9. The van der Waals surface area contributed by atoms with Crippen molar-refractivity contribution in [1.29, 1.82) is 0 Å². The maximum Gasteiger partial charge on any atom is 0.238 e. The minimum Gasteiger partial charge on any atom is -0.352 e. The average Bonchev–Trinajstić information content (AvgIpc) is 3.08. The molecule has 1 aliphatic carbocycles. The average molecular weight is 371 g/mol. The smallest absolute Gasteiger partial charge is 0.238 e. The number of halogens is 3. The van der Waals surface area contributed by atoms with Crippen LogP contribution in [0.2, 0.25) is 0 Å². The Morgan fingerprint density at radius 2 is 1.73 bits per heavy atom. The summed E-state index contributed by atoms with van der Waals surface area (Å²) in [6.07, 6.45) is 4.87. The van der Waals surface area contributed by atoms with Gasteiger partial charge in [0, 0.05) is 6.04 Å². The highest BCUT2D eigenvalue weighted by molar-refractivity contribution is 5.92. The normalized spacial score (nSPS) is 14.7. The Kier molecular flexibility index (Phi) is 7.44. The van der Waals surface area contributed by atoms with E-state index in [4.69, 9.17) is 0 Å². The number of anilines is 1. The van der Waals surface area contributed by atoms with Gasteiger partial charge in [0.05, 0.1) is 18.8 Å². The van der Waals surface area contributed by atoms with Crippen molar-refractivity contribution in [3.05, 3.63) is 29.6 Å². The highest BCUT2D eigenvalue weighted by Crippen LogP contribution is 2.19. The summed E-state index contributed by atoms with van der Waals surface area (Å²) in [6, 6.07) is 1.89. The van der Waals surface area contributed by atoms with Crippen LogP contribution in [0.25, 0.3) is 0 Å². The monoisotopic (exact) mass is 371 g/mol. The molecule has 1 aromatic carbocycles. The molecule has 0 heterocycles. The van der Waals surface area contributed by atoms with Crippen LogP contribution in [-0.2, 0) is 9.59 Å². The molecule has 1 aromatic rings. The van der Waals surface area contributed by atoms with Gasteiger partial charge in [-0.2, -0.15) is 0 Å². The van der Waals surface area contributed by atoms with Crippen LogP contribution in [0.4, 0.5) is 18.9 Å². The summed E-state index contributed by atoms with van der Waals surface area (Å²) in [7, 11) is 0. The molecule has 0 radical (unpaired) electrons. The molecular weight excluding hydrogens is 347 g/mol. The van der Waals surface area contributed by atoms with Gasteiger partial charge in [-0.25, -0.2) is 13.2 Å². The lowest BCUT2D eigenvalue weighted by molar-refractivity contribution is -0.124. The number of benzene rings is 1. The van der Waals surface area contributed by atoms with E-state index in [0.717, 1.165) is 44.2 Å². The largest absolute Gasteiger partial charge is 0.352 e. The summed E-state index contributed by atoms with van der Waals surface area (Å²) in [5.74, 6) is -5.16. The third-order valence-corrected chi connectivity index (χ3v) is 4.30. The second-order valence-corrected chi connectivity index (χ2v) is 6.53. The molecule has 0 spiro atoms. The predicted octanol–water partition coefficient (Wildman–Crippen LogP) is 2.81. The molecule has 0 bridgehead atoms. The summed E-state index contributed by atoms with van der Waals surface area (Å²) in [5.41, 5.74) is -0.430. The van der Waals surface area contributed by atoms with Gasteiger partial charge in [0.15, 0.2) is 17.5 Å². The van der Waals surface area contributed by atoms with Crippen molar-refractivity contribution in [1.82, 2.24) is 10.2 Å². The molecule has 26 heavy (non-hydrogen) atoms. The second kappa shape index (κ2) is 9.56. The van der Waals surface area contributed by atoms with E-state index in [2.05, 4.69) is 10.6 Å². The zero-order chi connectivity index (χ0) is 19.1. The lowest BCUT2D eigenvalue weighted by Gasteiger charge is -2.22. The molecule has 2 amide bonds. The molecule has 1 saturated carbocycles. The van der Waals surface area contributed by atoms with Crippen molar-refractivity contribution in [2.75, 3.05) is 25.0 Å². The first-order valence-electron chi connectivity index (χ1n) is 8.85. The summed E-state index contributed by atoms with van der Waals surface area (Å²) >= 11 is 0. The number of carbonyl (C=O) groups is 2. The lowest BCUT2D eigenvalue weighted by Crippen LogP contribution is -2.44. The molecule has 144 valence electrons. The number of carbonyl (C=O) groups excluding carboxylic acids is 2. The SMILES string of the molecule is CCCN(CC(=O)Nc1ccc(F)c(F)c1F)CC(=O)NC1CCCC1. The fraction of sp³-hybridized carbons (Fsp3) is 0.556. The number of nitrogens with zero attached hydrogens (tertiary/aromatic N) is 1. The molecule has 0 aliphatic heterocycles. The summed E-state index contributed by atoms with van der Waals surface area (Å²) in [5, 5.41) is 5.17. The fourth-order valence-electron chi connectivity index (χ4n) is 3.09. The van der Waals surface area contributed by atoms with Crippen LogP contribution in [-0.4, -0.2) is 42.4 Å². The number of hydrogen-bond donors (Lipinski definition) is 2. The van der Waals surface area contributed by atoms with E-state index in [1.807, 2.05) is 6.92 Å². The van der Waals surface area contributed by atoms with Gasteiger partial charge in [0.25, 0.3) is 0 Å². The van der Waals surface area contributed by atoms with Gasteiger partial charge in [-0.05, 0) is 37.9 Å². The Morgan fingerprint density at radius 1 is 1.08 bits per heavy atom. The van der Waals surface area contributed by atoms with E-state index in [9.17, 15) is 22.8 Å².